The minimum Gasteiger partial charge on any atom is -0.494 e. The fourth-order valence-corrected chi connectivity index (χ4v) is 4.34. The van der Waals surface area contributed by atoms with E-state index in [2.05, 4.69) is 34.9 Å². The molecule has 0 unspecified atom stereocenters. The van der Waals surface area contributed by atoms with Gasteiger partial charge in [-0.3, -0.25) is 4.90 Å². The highest BCUT2D eigenvalue weighted by Crippen LogP contribution is 2.30. The molecule has 5 nitrogen and oxygen atoms in total. The highest BCUT2D eigenvalue weighted by Gasteiger charge is 2.29. The molecule has 4 rings (SSSR count). The van der Waals surface area contributed by atoms with E-state index in [4.69, 9.17) is 14.5 Å². The average molecular weight is 355 g/mol. The Kier molecular flexibility index (Phi) is 5.27. The molecule has 3 heterocycles. The highest BCUT2D eigenvalue weighted by molar-refractivity contribution is 5.85. The zero-order valence-corrected chi connectivity index (χ0v) is 15.9. The number of methoxy groups -OCH3 is 1. The van der Waals surface area contributed by atoms with Crippen LogP contribution in [0.4, 0.5) is 5.82 Å². The Bertz CT molecular complexity index is 737. The lowest BCUT2D eigenvalue weighted by Crippen LogP contribution is -2.48. The first-order chi connectivity index (χ1) is 12.8. The van der Waals surface area contributed by atoms with Crippen molar-refractivity contribution in [2.75, 3.05) is 51.4 Å². The maximum absolute atomic E-state index is 5.50. The SMILES string of the molecule is COc1cccc2ccc(N3CCC([C@@H](C)N4CCOCC4)CC3)nc12. The number of ether oxygens (including phenoxy) is 2. The molecule has 0 aliphatic carbocycles. The number of nitrogens with zero attached hydrogens (tertiary/aromatic N) is 3. The Morgan fingerprint density at radius 2 is 1.85 bits per heavy atom. The van der Waals surface area contributed by atoms with Crippen molar-refractivity contribution < 1.29 is 9.47 Å². The maximum Gasteiger partial charge on any atom is 0.145 e. The lowest BCUT2D eigenvalue weighted by atomic mass is 9.89. The van der Waals surface area contributed by atoms with Crippen molar-refractivity contribution in [2.24, 2.45) is 5.92 Å². The highest BCUT2D eigenvalue weighted by atomic mass is 16.5. The summed E-state index contributed by atoms with van der Waals surface area (Å²) in [5.74, 6) is 2.68. The van der Waals surface area contributed by atoms with Crippen LogP contribution in [0, 0.1) is 5.92 Å². The second-order valence-electron chi connectivity index (χ2n) is 7.41. The van der Waals surface area contributed by atoms with Crippen molar-refractivity contribution in [1.29, 1.82) is 0 Å². The van der Waals surface area contributed by atoms with Crippen molar-refractivity contribution in [3.05, 3.63) is 30.3 Å². The Labute approximate surface area is 155 Å². The van der Waals surface area contributed by atoms with Gasteiger partial charge in [-0.25, -0.2) is 4.98 Å². The van der Waals surface area contributed by atoms with Gasteiger partial charge >= 0.3 is 0 Å². The summed E-state index contributed by atoms with van der Waals surface area (Å²) in [5.41, 5.74) is 0.955. The number of piperidine rings is 1. The van der Waals surface area contributed by atoms with Gasteiger partial charge in [0.1, 0.15) is 17.1 Å². The van der Waals surface area contributed by atoms with Gasteiger partial charge in [-0.1, -0.05) is 12.1 Å². The van der Waals surface area contributed by atoms with E-state index in [1.807, 2.05) is 12.1 Å². The van der Waals surface area contributed by atoms with Crippen molar-refractivity contribution >= 4 is 16.7 Å². The first kappa shape index (κ1) is 17.6. The molecule has 0 saturated carbocycles. The van der Waals surface area contributed by atoms with Crippen LogP contribution in [0.1, 0.15) is 19.8 Å². The summed E-state index contributed by atoms with van der Waals surface area (Å²) in [4.78, 5) is 9.93. The number of benzene rings is 1. The number of hydrogen-bond donors (Lipinski definition) is 0. The molecular formula is C21H29N3O2. The maximum atomic E-state index is 5.50. The van der Waals surface area contributed by atoms with Crippen LogP contribution in [-0.4, -0.2) is 62.4 Å². The second kappa shape index (κ2) is 7.80. The molecule has 2 aliphatic heterocycles. The van der Waals surface area contributed by atoms with Gasteiger partial charge in [0.2, 0.25) is 0 Å². The quantitative estimate of drug-likeness (QED) is 0.842. The van der Waals surface area contributed by atoms with E-state index >= 15 is 0 Å². The molecule has 0 bridgehead atoms. The van der Waals surface area contributed by atoms with Crippen LogP contribution in [0.5, 0.6) is 5.75 Å². The molecule has 0 radical (unpaired) electrons. The molecule has 0 spiro atoms. The smallest absolute Gasteiger partial charge is 0.145 e. The molecule has 26 heavy (non-hydrogen) atoms. The Balaban J connectivity index is 1.43. The number of fused-ring (bicyclic) bond motifs is 1. The summed E-state index contributed by atoms with van der Waals surface area (Å²) >= 11 is 0. The monoisotopic (exact) mass is 355 g/mol. The van der Waals surface area contributed by atoms with Crippen LogP contribution in [-0.2, 0) is 4.74 Å². The number of para-hydroxylation sites is 1. The molecule has 1 aromatic carbocycles. The standard InChI is InChI=1S/C21H29N3O2/c1-16(23-12-14-26-15-13-23)17-8-10-24(11-9-17)20-7-6-18-4-3-5-19(25-2)21(18)22-20/h3-7,16-17H,8-15H2,1-2H3/t16-/m1/s1. The van der Waals surface area contributed by atoms with Crippen LogP contribution in [0.2, 0.25) is 0 Å². The minimum absolute atomic E-state index is 0.644. The molecule has 140 valence electrons. The Hall–Kier alpha value is -1.85. The van der Waals surface area contributed by atoms with E-state index < -0.39 is 0 Å². The van der Waals surface area contributed by atoms with Crippen LogP contribution in [0.25, 0.3) is 10.9 Å². The predicted molar refractivity (Wildman–Crippen MR) is 105 cm³/mol. The average Bonchev–Trinajstić information content (AvgIpc) is 2.73. The molecule has 5 heteroatoms. The lowest BCUT2D eigenvalue weighted by molar-refractivity contribution is 0.00448. The fourth-order valence-electron chi connectivity index (χ4n) is 4.34. The van der Waals surface area contributed by atoms with Gasteiger partial charge in [0.15, 0.2) is 0 Å². The van der Waals surface area contributed by atoms with Crippen molar-refractivity contribution in [3.63, 3.8) is 0 Å². The number of rotatable bonds is 4. The molecule has 1 atom stereocenters. The van der Waals surface area contributed by atoms with Crippen molar-refractivity contribution in [1.82, 2.24) is 9.88 Å². The predicted octanol–water partition coefficient (Wildman–Crippen LogP) is 3.18. The molecule has 0 amide bonds. The molecule has 2 aliphatic rings. The van der Waals surface area contributed by atoms with E-state index in [1.54, 1.807) is 7.11 Å². The molecule has 2 aromatic rings. The summed E-state index contributed by atoms with van der Waals surface area (Å²) in [5, 5.41) is 1.13. The number of aromatic nitrogens is 1. The third-order valence-corrected chi connectivity index (χ3v) is 6.06. The van der Waals surface area contributed by atoms with E-state index in [9.17, 15) is 0 Å². The number of morpholine rings is 1. The number of pyridine rings is 1. The second-order valence-corrected chi connectivity index (χ2v) is 7.41. The first-order valence-electron chi connectivity index (χ1n) is 9.77. The van der Waals surface area contributed by atoms with Gasteiger partial charge in [-0.05, 0) is 43.9 Å². The number of anilines is 1. The summed E-state index contributed by atoms with van der Waals surface area (Å²) in [7, 11) is 1.71. The van der Waals surface area contributed by atoms with Crippen LogP contribution in [0.15, 0.2) is 30.3 Å². The van der Waals surface area contributed by atoms with Gasteiger partial charge in [-0.2, -0.15) is 0 Å². The molecule has 0 N–H and O–H groups in total. The van der Waals surface area contributed by atoms with Crippen LogP contribution in [0.3, 0.4) is 0 Å². The van der Waals surface area contributed by atoms with Gasteiger partial charge in [-0.15, -0.1) is 0 Å². The van der Waals surface area contributed by atoms with E-state index in [0.29, 0.717) is 6.04 Å². The topological polar surface area (TPSA) is 37.8 Å². The van der Waals surface area contributed by atoms with E-state index in [0.717, 1.165) is 67.8 Å². The minimum atomic E-state index is 0.644. The van der Waals surface area contributed by atoms with Gasteiger partial charge in [0.05, 0.1) is 20.3 Å². The molecule has 2 saturated heterocycles. The van der Waals surface area contributed by atoms with E-state index in [-0.39, 0.29) is 0 Å². The van der Waals surface area contributed by atoms with Gasteiger partial charge < -0.3 is 14.4 Å². The normalized spacial score (nSPS) is 21.1. The first-order valence-corrected chi connectivity index (χ1v) is 9.77. The Morgan fingerprint density at radius 1 is 1.08 bits per heavy atom. The summed E-state index contributed by atoms with van der Waals surface area (Å²) in [6.07, 6.45) is 2.45. The lowest BCUT2D eigenvalue weighted by Gasteiger charge is -2.41. The summed E-state index contributed by atoms with van der Waals surface area (Å²) in [6.45, 7) is 8.46. The van der Waals surface area contributed by atoms with Crippen LogP contribution >= 0.6 is 0 Å². The Morgan fingerprint density at radius 3 is 2.58 bits per heavy atom. The summed E-state index contributed by atoms with van der Waals surface area (Å²) < 4.78 is 11.0. The van der Waals surface area contributed by atoms with Gasteiger partial charge in [0.25, 0.3) is 0 Å². The molecular weight excluding hydrogens is 326 g/mol. The largest absolute Gasteiger partial charge is 0.494 e. The zero-order chi connectivity index (χ0) is 17.9. The molecule has 2 fully saturated rings. The third kappa shape index (κ3) is 3.51. The van der Waals surface area contributed by atoms with Crippen molar-refractivity contribution in [2.45, 2.75) is 25.8 Å². The zero-order valence-electron chi connectivity index (χ0n) is 15.9. The van der Waals surface area contributed by atoms with Gasteiger partial charge in [0, 0.05) is 37.6 Å². The molecule has 1 aromatic heterocycles. The van der Waals surface area contributed by atoms with Crippen molar-refractivity contribution in [3.8, 4) is 5.75 Å². The fraction of sp³-hybridized carbons (Fsp3) is 0.571. The van der Waals surface area contributed by atoms with Crippen LogP contribution < -0.4 is 9.64 Å². The number of hydrogen-bond acceptors (Lipinski definition) is 5. The third-order valence-electron chi connectivity index (χ3n) is 6.06. The summed E-state index contributed by atoms with van der Waals surface area (Å²) in [6, 6.07) is 11.0. The van der Waals surface area contributed by atoms with E-state index in [1.165, 1.54) is 12.8 Å².